The highest BCUT2D eigenvalue weighted by atomic mass is 79.9. The fourth-order valence-corrected chi connectivity index (χ4v) is 2.78. The van der Waals surface area contributed by atoms with E-state index >= 15 is 0 Å². The molecule has 1 aliphatic rings. The first-order chi connectivity index (χ1) is 7.66. The van der Waals surface area contributed by atoms with Crippen molar-refractivity contribution >= 4 is 39.3 Å². The molecule has 2 N–H and O–H groups in total. The van der Waals surface area contributed by atoms with E-state index < -0.39 is 0 Å². The van der Waals surface area contributed by atoms with Crippen LogP contribution in [0.2, 0.25) is 0 Å². The van der Waals surface area contributed by atoms with Gasteiger partial charge in [-0.15, -0.1) is 11.8 Å². The van der Waals surface area contributed by atoms with Gasteiger partial charge in [-0.05, 0) is 24.6 Å². The van der Waals surface area contributed by atoms with E-state index in [4.69, 9.17) is 0 Å². The van der Waals surface area contributed by atoms with Crippen LogP contribution >= 0.6 is 27.7 Å². The Kier molecular flexibility index (Phi) is 3.89. The van der Waals surface area contributed by atoms with Gasteiger partial charge in [0.25, 0.3) is 0 Å². The number of halogens is 1. The average molecular weight is 301 g/mol. The zero-order valence-electron chi connectivity index (χ0n) is 8.92. The molecule has 1 fully saturated rings. The molecule has 5 heteroatoms. The first-order valence-corrected chi connectivity index (χ1v) is 7.00. The van der Waals surface area contributed by atoms with Crippen LogP contribution in [0.15, 0.2) is 22.7 Å². The number of amides is 1. The predicted octanol–water partition coefficient (Wildman–Crippen LogP) is 2.36. The van der Waals surface area contributed by atoms with E-state index in [9.17, 15) is 4.79 Å². The molecule has 1 amide bonds. The molecule has 1 unspecified atom stereocenters. The van der Waals surface area contributed by atoms with Crippen LogP contribution in [0.3, 0.4) is 0 Å². The highest BCUT2D eigenvalue weighted by molar-refractivity contribution is 9.10. The largest absolute Gasteiger partial charge is 0.325 e. The maximum absolute atomic E-state index is 11.8. The average Bonchev–Trinajstić information content (AvgIpc) is 2.77. The molecular formula is C11H13BrN2OS. The van der Waals surface area contributed by atoms with Gasteiger partial charge in [-0.2, -0.15) is 0 Å². The maximum atomic E-state index is 11.8. The van der Waals surface area contributed by atoms with E-state index in [0.29, 0.717) is 0 Å². The third-order valence-corrected chi connectivity index (χ3v) is 4.27. The molecule has 86 valence electrons. The van der Waals surface area contributed by atoms with Crippen LogP contribution in [0.25, 0.3) is 0 Å². The minimum Gasteiger partial charge on any atom is -0.325 e. The molecule has 3 nitrogen and oxygen atoms in total. The first kappa shape index (κ1) is 12.0. The van der Waals surface area contributed by atoms with Crippen molar-refractivity contribution in [3.05, 3.63) is 28.2 Å². The van der Waals surface area contributed by atoms with Crippen LogP contribution < -0.4 is 10.6 Å². The first-order valence-electron chi connectivity index (χ1n) is 5.05. The van der Waals surface area contributed by atoms with Gasteiger partial charge in [-0.3, -0.25) is 10.1 Å². The van der Waals surface area contributed by atoms with Crippen LogP contribution in [-0.2, 0) is 4.79 Å². The van der Waals surface area contributed by atoms with E-state index in [-0.39, 0.29) is 11.9 Å². The van der Waals surface area contributed by atoms with Gasteiger partial charge in [0.1, 0.15) is 0 Å². The summed E-state index contributed by atoms with van der Waals surface area (Å²) in [7, 11) is 0. The van der Waals surface area contributed by atoms with Gasteiger partial charge in [0.05, 0.1) is 6.04 Å². The van der Waals surface area contributed by atoms with Crippen molar-refractivity contribution in [3.8, 4) is 0 Å². The number of hydrogen-bond donors (Lipinski definition) is 2. The lowest BCUT2D eigenvalue weighted by molar-refractivity contribution is -0.117. The van der Waals surface area contributed by atoms with E-state index in [0.717, 1.165) is 27.4 Å². The highest BCUT2D eigenvalue weighted by Crippen LogP contribution is 2.21. The van der Waals surface area contributed by atoms with Crippen molar-refractivity contribution in [3.63, 3.8) is 0 Å². The molecule has 16 heavy (non-hydrogen) atoms. The topological polar surface area (TPSA) is 41.1 Å². The molecule has 1 aromatic rings. The van der Waals surface area contributed by atoms with Gasteiger partial charge < -0.3 is 5.32 Å². The molecule has 1 saturated heterocycles. The molecule has 1 atom stereocenters. The lowest BCUT2D eigenvalue weighted by Crippen LogP contribution is -2.37. The van der Waals surface area contributed by atoms with Crippen molar-refractivity contribution in [1.29, 1.82) is 0 Å². The molecule has 0 saturated carbocycles. The monoisotopic (exact) mass is 300 g/mol. The highest BCUT2D eigenvalue weighted by Gasteiger charge is 2.22. The van der Waals surface area contributed by atoms with Crippen LogP contribution in [0.4, 0.5) is 5.69 Å². The lowest BCUT2D eigenvalue weighted by atomic mass is 10.2. The maximum Gasteiger partial charge on any atom is 0.242 e. The Bertz CT molecular complexity index is 405. The summed E-state index contributed by atoms with van der Waals surface area (Å²) in [5.74, 6) is 1.75. The standard InChI is InChI=1S/C11H13BrN2OS/c1-7-2-3-8(4-9(7)12)14-11(15)10-5-16-6-13-10/h2-4,10,13H,5-6H2,1H3,(H,14,15). The Labute approximate surface area is 108 Å². The van der Waals surface area contributed by atoms with Gasteiger partial charge in [0, 0.05) is 21.8 Å². The fourth-order valence-electron chi connectivity index (χ4n) is 1.46. The third kappa shape index (κ3) is 2.78. The number of anilines is 1. The molecule has 0 aromatic heterocycles. The molecule has 1 aliphatic heterocycles. The summed E-state index contributed by atoms with van der Waals surface area (Å²) in [6.07, 6.45) is 0. The van der Waals surface area contributed by atoms with E-state index in [1.165, 1.54) is 0 Å². The summed E-state index contributed by atoms with van der Waals surface area (Å²) < 4.78 is 1.01. The molecule has 2 rings (SSSR count). The van der Waals surface area contributed by atoms with Crippen LogP contribution in [0.1, 0.15) is 5.56 Å². The number of rotatable bonds is 2. The van der Waals surface area contributed by atoms with Gasteiger partial charge in [0.2, 0.25) is 5.91 Å². The summed E-state index contributed by atoms with van der Waals surface area (Å²) in [6.45, 7) is 2.02. The van der Waals surface area contributed by atoms with Crippen molar-refractivity contribution in [2.75, 3.05) is 16.9 Å². The Morgan fingerprint density at radius 3 is 3.06 bits per heavy atom. The summed E-state index contributed by atoms with van der Waals surface area (Å²) >= 11 is 5.19. The van der Waals surface area contributed by atoms with Crippen LogP contribution in [-0.4, -0.2) is 23.6 Å². The number of thioether (sulfide) groups is 1. The smallest absolute Gasteiger partial charge is 0.242 e. The molecule has 0 radical (unpaired) electrons. The summed E-state index contributed by atoms with van der Waals surface area (Å²) in [6, 6.07) is 5.76. The number of carbonyl (C=O) groups is 1. The second-order valence-electron chi connectivity index (χ2n) is 3.73. The Hall–Kier alpha value is -0.520. The molecule has 0 aliphatic carbocycles. The Balaban J connectivity index is 2.02. The van der Waals surface area contributed by atoms with Crippen molar-refractivity contribution in [2.45, 2.75) is 13.0 Å². The zero-order chi connectivity index (χ0) is 11.5. The van der Waals surface area contributed by atoms with E-state index in [1.54, 1.807) is 11.8 Å². The van der Waals surface area contributed by atoms with Crippen molar-refractivity contribution in [2.24, 2.45) is 0 Å². The van der Waals surface area contributed by atoms with Gasteiger partial charge in [0.15, 0.2) is 0 Å². The van der Waals surface area contributed by atoms with Gasteiger partial charge >= 0.3 is 0 Å². The predicted molar refractivity (Wildman–Crippen MR) is 71.8 cm³/mol. The zero-order valence-corrected chi connectivity index (χ0v) is 11.3. The minimum atomic E-state index is -0.0647. The number of aryl methyl sites for hydroxylation is 1. The summed E-state index contributed by atoms with van der Waals surface area (Å²) in [5.41, 5.74) is 1.99. The number of benzene rings is 1. The second-order valence-corrected chi connectivity index (χ2v) is 5.61. The molecular weight excluding hydrogens is 288 g/mol. The summed E-state index contributed by atoms with van der Waals surface area (Å²) in [5, 5.41) is 6.05. The molecule has 0 bridgehead atoms. The molecule has 1 aromatic carbocycles. The number of carbonyl (C=O) groups excluding carboxylic acids is 1. The quantitative estimate of drug-likeness (QED) is 0.881. The van der Waals surface area contributed by atoms with Crippen molar-refractivity contribution in [1.82, 2.24) is 5.32 Å². The lowest BCUT2D eigenvalue weighted by Gasteiger charge is -2.11. The van der Waals surface area contributed by atoms with E-state index in [2.05, 4.69) is 26.6 Å². The van der Waals surface area contributed by atoms with E-state index in [1.807, 2.05) is 25.1 Å². The Morgan fingerprint density at radius 1 is 1.62 bits per heavy atom. The van der Waals surface area contributed by atoms with Gasteiger partial charge in [-0.25, -0.2) is 0 Å². The number of nitrogens with one attached hydrogen (secondary N) is 2. The van der Waals surface area contributed by atoms with Crippen LogP contribution in [0.5, 0.6) is 0 Å². The normalized spacial score (nSPS) is 19.8. The van der Waals surface area contributed by atoms with Crippen molar-refractivity contribution < 1.29 is 4.79 Å². The minimum absolute atomic E-state index is 0.0424. The number of hydrogen-bond acceptors (Lipinski definition) is 3. The summed E-state index contributed by atoms with van der Waals surface area (Å²) in [4.78, 5) is 11.8. The van der Waals surface area contributed by atoms with Gasteiger partial charge in [-0.1, -0.05) is 22.0 Å². The SMILES string of the molecule is Cc1ccc(NC(=O)C2CSCN2)cc1Br. The fraction of sp³-hybridized carbons (Fsp3) is 0.364. The Morgan fingerprint density at radius 2 is 2.44 bits per heavy atom. The third-order valence-electron chi connectivity index (χ3n) is 2.47. The molecule has 0 spiro atoms. The second kappa shape index (κ2) is 5.21. The molecule has 1 heterocycles. The van der Waals surface area contributed by atoms with Crippen LogP contribution in [0, 0.1) is 6.92 Å².